The van der Waals surface area contributed by atoms with Crippen molar-refractivity contribution < 1.29 is 32.3 Å². The van der Waals surface area contributed by atoms with Crippen LogP contribution in [0.4, 0.5) is 17.6 Å². The Morgan fingerprint density at radius 3 is 2.33 bits per heavy atom. The second-order valence-corrected chi connectivity index (χ2v) is 9.83. The number of fused-ring (bicyclic) bond motifs is 1. The number of halogens is 6. The van der Waals surface area contributed by atoms with Crippen molar-refractivity contribution in [3.63, 3.8) is 0 Å². The topological polar surface area (TPSA) is 62.5 Å². The average molecular weight is 545 g/mol. The summed E-state index contributed by atoms with van der Waals surface area (Å²) in [5.41, 5.74) is -1.05. The number of benzene rings is 2. The van der Waals surface area contributed by atoms with Crippen LogP contribution in [0, 0.1) is 6.92 Å². The van der Waals surface area contributed by atoms with Crippen molar-refractivity contribution in [3.05, 3.63) is 68.3 Å². The molecule has 0 bridgehead atoms. The molecule has 0 unspecified atom stereocenters. The van der Waals surface area contributed by atoms with Gasteiger partial charge < -0.3 is 14.6 Å². The van der Waals surface area contributed by atoms with E-state index in [0.717, 1.165) is 12.1 Å². The molecule has 0 saturated carbocycles. The minimum Gasteiger partial charge on any atom is -0.479 e. The molecule has 2 heterocycles. The fourth-order valence-electron chi connectivity index (χ4n) is 4.55. The van der Waals surface area contributed by atoms with Crippen LogP contribution < -0.4 is 0 Å². The van der Waals surface area contributed by atoms with E-state index in [0.29, 0.717) is 27.7 Å². The number of aliphatic carboxylic acids is 1. The van der Waals surface area contributed by atoms with E-state index >= 15 is 0 Å². The summed E-state index contributed by atoms with van der Waals surface area (Å²) in [7, 11) is 1.65. The first-order valence-electron chi connectivity index (χ1n) is 11.1. The Morgan fingerprint density at radius 2 is 1.75 bits per heavy atom. The van der Waals surface area contributed by atoms with Crippen LogP contribution >= 0.6 is 23.2 Å². The largest absolute Gasteiger partial charge is 0.479 e. The van der Waals surface area contributed by atoms with E-state index in [4.69, 9.17) is 28.3 Å². The molecule has 36 heavy (non-hydrogen) atoms. The molecule has 4 rings (SSSR count). The highest BCUT2D eigenvalue weighted by atomic mass is 35.5. The highest BCUT2D eigenvalue weighted by molar-refractivity contribution is 6.38. The number of likely N-dealkylation sites (tertiary alicyclic amines) is 1. The normalized spacial score (nSPS) is 15.9. The third kappa shape index (κ3) is 4.66. The van der Waals surface area contributed by atoms with Gasteiger partial charge >= 0.3 is 12.1 Å². The first-order valence-corrected chi connectivity index (χ1v) is 11.8. The fourth-order valence-corrected chi connectivity index (χ4v) is 5.14. The first kappa shape index (κ1) is 26.3. The van der Waals surface area contributed by atoms with Gasteiger partial charge in [-0.05, 0) is 48.4 Å². The molecule has 0 atom stereocenters. The van der Waals surface area contributed by atoms with Crippen LogP contribution in [0.1, 0.15) is 45.6 Å². The lowest BCUT2D eigenvalue weighted by molar-refractivity contribution is -0.153. The lowest BCUT2D eigenvalue weighted by Crippen LogP contribution is -2.48. The van der Waals surface area contributed by atoms with E-state index in [-0.39, 0.29) is 48.0 Å². The molecule has 1 saturated heterocycles. The van der Waals surface area contributed by atoms with Crippen molar-refractivity contribution in [3.8, 4) is 0 Å². The molecule has 192 valence electrons. The summed E-state index contributed by atoms with van der Waals surface area (Å²) >= 11 is 13.0. The quantitative estimate of drug-likeness (QED) is 0.385. The summed E-state index contributed by atoms with van der Waals surface area (Å²) in [4.78, 5) is 25.6. The molecular weight excluding hydrogens is 523 g/mol. The standard InChI is InChI=1S/C25H22Cl2F4N2O3/c1-13-9-14(25(29,30)31)10-20-17(13)11-15(32(20)2)12-18-19(26)4-3-16(21(18)27)22(34)33-7-5-24(28,6-8-33)23(35)36/h3-4,9-11H,5-8,12H2,1-2H3,(H,35,36). The van der Waals surface area contributed by atoms with Gasteiger partial charge in [0.25, 0.3) is 5.91 Å². The number of rotatable bonds is 4. The lowest BCUT2D eigenvalue weighted by atomic mass is 9.93. The highest BCUT2D eigenvalue weighted by Gasteiger charge is 2.43. The Hall–Kier alpha value is -2.78. The molecule has 1 aliphatic heterocycles. The number of carboxylic acids is 1. The molecule has 2 aromatic carbocycles. The number of piperidine rings is 1. The minimum absolute atomic E-state index is 0.0834. The van der Waals surface area contributed by atoms with Gasteiger partial charge in [-0.25, -0.2) is 9.18 Å². The van der Waals surface area contributed by atoms with Crippen molar-refractivity contribution >= 4 is 46.0 Å². The average Bonchev–Trinajstić information content (AvgIpc) is 3.12. The molecule has 1 N–H and O–H groups in total. The number of aromatic nitrogens is 1. The van der Waals surface area contributed by atoms with E-state index < -0.39 is 29.3 Å². The second-order valence-electron chi connectivity index (χ2n) is 9.05. The molecule has 0 spiro atoms. The lowest BCUT2D eigenvalue weighted by Gasteiger charge is -2.34. The number of carbonyl (C=O) groups is 2. The number of aryl methyl sites for hydroxylation is 2. The minimum atomic E-state index is -4.48. The Morgan fingerprint density at radius 1 is 1.11 bits per heavy atom. The zero-order chi connectivity index (χ0) is 26.6. The van der Waals surface area contributed by atoms with Crippen LogP contribution in [0.15, 0.2) is 30.3 Å². The van der Waals surface area contributed by atoms with Gasteiger partial charge in [-0.3, -0.25) is 4.79 Å². The maximum Gasteiger partial charge on any atom is 0.416 e. The summed E-state index contributed by atoms with van der Waals surface area (Å²) in [5.74, 6) is -2.03. The third-order valence-corrected chi connectivity index (χ3v) is 7.58. The van der Waals surface area contributed by atoms with Crippen LogP contribution in [0.3, 0.4) is 0 Å². The summed E-state index contributed by atoms with van der Waals surface area (Å²) in [6.45, 7) is 1.44. The zero-order valence-corrected chi connectivity index (χ0v) is 20.9. The summed E-state index contributed by atoms with van der Waals surface area (Å²) in [6.07, 6.45) is -4.99. The SMILES string of the molecule is Cc1cc(C(F)(F)F)cc2c1cc(Cc1c(Cl)ccc(C(=O)N3CCC(F)(C(=O)O)CC3)c1Cl)n2C. The maximum atomic E-state index is 14.4. The van der Waals surface area contributed by atoms with Crippen LogP contribution in [0.2, 0.25) is 10.0 Å². The summed E-state index contributed by atoms with van der Waals surface area (Å²) < 4.78 is 55.9. The van der Waals surface area contributed by atoms with Crippen LogP contribution in [-0.2, 0) is 24.4 Å². The predicted octanol–water partition coefficient (Wildman–Crippen LogP) is 6.43. The Balaban J connectivity index is 1.66. The van der Waals surface area contributed by atoms with Gasteiger partial charge in [0.1, 0.15) is 0 Å². The van der Waals surface area contributed by atoms with Gasteiger partial charge in [0.2, 0.25) is 5.67 Å². The van der Waals surface area contributed by atoms with Crippen LogP contribution in [0.25, 0.3) is 10.9 Å². The summed E-state index contributed by atoms with van der Waals surface area (Å²) in [6, 6.07) is 6.91. The van der Waals surface area contributed by atoms with Gasteiger partial charge in [0.15, 0.2) is 0 Å². The van der Waals surface area contributed by atoms with Gasteiger partial charge in [-0.15, -0.1) is 0 Å². The molecule has 1 amide bonds. The zero-order valence-electron chi connectivity index (χ0n) is 19.3. The van der Waals surface area contributed by atoms with Crippen molar-refractivity contribution in [2.24, 2.45) is 7.05 Å². The first-order chi connectivity index (χ1) is 16.7. The molecule has 1 fully saturated rings. The molecule has 11 heteroatoms. The molecule has 3 aromatic rings. The molecule has 0 aliphatic carbocycles. The number of carboxylic acid groups (broad SMARTS) is 1. The number of amides is 1. The van der Waals surface area contributed by atoms with Crippen molar-refractivity contribution in [1.82, 2.24) is 9.47 Å². The number of nitrogens with zero attached hydrogens (tertiary/aromatic N) is 2. The van der Waals surface area contributed by atoms with Gasteiger partial charge in [-0.2, -0.15) is 13.2 Å². The maximum absolute atomic E-state index is 14.4. The van der Waals surface area contributed by atoms with E-state index in [1.165, 1.54) is 17.0 Å². The predicted molar refractivity (Wildman–Crippen MR) is 129 cm³/mol. The van der Waals surface area contributed by atoms with E-state index in [1.54, 1.807) is 24.6 Å². The molecule has 0 radical (unpaired) electrons. The molecule has 1 aliphatic rings. The van der Waals surface area contributed by atoms with Crippen molar-refractivity contribution in [2.45, 2.75) is 38.0 Å². The summed E-state index contributed by atoms with van der Waals surface area (Å²) in [5, 5.41) is 10.1. The Bertz CT molecular complexity index is 1380. The highest BCUT2D eigenvalue weighted by Crippen LogP contribution is 2.37. The number of hydrogen-bond acceptors (Lipinski definition) is 2. The van der Waals surface area contributed by atoms with E-state index in [1.807, 2.05) is 0 Å². The number of carbonyl (C=O) groups excluding carboxylic acids is 1. The fraction of sp³-hybridized carbons (Fsp3) is 0.360. The van der Waals surface area contributed by atoms with Crippen molar-refractivity contribution in [1.29, 1.82) is 0 Å². The molecule has 1 aromatic heterocycles. The number of alkyl halides is 4. The Kier molecular flexibility index (Phi) is 6.77. The Labute approximate surface area is 214 Å². The smallest absolute Gasteiger partial charge is 0.416 e. The van der Waals surface area contributed by atoms with E-state index in [2.05, 4.69) is 0 Å². The van der Waals surface area contributed by atoms with Crippen molar-refractivity contribution in [2.75, 3.05) is 13.1 Å². The van der Waals surface area contributed by atoms with Crippen LogP contribution in [0.5, 0.6) is 0 Å². The monoisotopic (exact) mass is 544 g/mol. The van der Waals surface area contributed by atoms with Gasteiger partial charge in [0.05, 0.1) is 16.1 Å². The van der Waals surface area contributed by atoms with Gasteiger partial charge in [0, 0.05) is 61.0 Å². The van der Waals surface area contributed by atoms with E-state index in [9.17, 15) is 27.2 Å². The third-order valence-electron chi connectivity index (χ3n) is 6.80. The number of hydrogen-bond donors (Lipinski definition) is 1. The molecular formula is C25H22Cl2F4N2O3. The molecule has 5 nitrogen and oxygen atoms in total. The van der Waals surface area contributed by atoms with Crippen LogP contribution in [-0.4, -0.2) is 45.2 Å². The second kappa shape index (κ2) is 9.27. The van der Waals surface area contributed by atoms with Gasteiger partial charge in [-0.1, -0.05) is 23.2 Å².